The van der Waals surface area contributed by atoms with Crippen LogP contribution in [0.25, 0.3) is 22.7 Å². The van der Waals surface area contributed by atoms with Crippen LogP contribution in [0.5, 0.6) is 0 Å². The third-order valence-electron chi connectivity index (χ3n) is 4.74. The molecule has 0 bridgehead atoms. The smallest absolute Gasteiger partial charge is 0.338 e. The molecule has 0 unspecified atom stereocenters. The molecule has 29 heavy (non-hydrogen) atoms. The van der Waals surface area contributed by atoms with Gasteiger partial charge < -0.3 is 13.7 Å². The maximum absolute atomic E-state index is 12.4. The van der Waals surface area contributed by atoms with Crippen molar-refractivity contribution in [2.75, 3.05) is 0 Å². The first-order valence-electron chi connectivity index (χ1n) is 9.12. The Morgan fingerprint density at radius 1 is 1.00 bits per heavy atom. The molecule has 146 valence electrons. The van der Waals surface area contributed by atoms with Gasteiger partial charge in [0.25, 0.3) is 11.8 Å². The minimum Gasteiger partial charge on any atom is -0.452 e. The fraction of sp³-hybridized carbons (Fsp3) is 0.182. The average molecular weight is 389 g/mol. The Labute approximate surface area is 167 Å². The molecule has 2 heterocycles. The van der Waals surface area contributed by atoms with E-state index in [1.54, 1.807) is 13.0 Å². The minimum atomic E-state index is -0.433. The van der Waals surface area contributed by atoms with Crippen LogP contribution in [-0.2, 0) is 11.3 Å². The van der Waals surface area contributed by atoms with Crippen LogP contribution in [0.3, 0.4) is 0 Å². The summed E-state index contributed by atoms with van der Waals surface area (Å²) in [7, 11) is 0. The van der Waals surface area contributed by atoms with Crippen LogP contribution in [0.2, 0.25) is 0 Å². The number of rotatable bonds is 5. The zero-order chi connectivity index (χ0) is 20.4. The molecule has 0 saturated carbocycles. The third-order valence-corrected chi connectivity index (χ3v) is 4.74. The predicted octanol–water partition coefficient (Wildman–Crippen LogP) is 4.67. The van der Waals surface area contributed by atoms with Gasteiger partial charge in [-0.25, -0.2) is 4.79 Å². The van der Waals surface area contributed by atoms with Gasteiger partial charge >= 0.3 is 5.97 Å². The lowest BCUT2D eigenvalue weighted by atomic mass is 10.0. The van der Waals surface area contributed by atoms with Crippen molar-refractivity contribution in [3.05, 3.63) is 76.9 Å². The lowest BCUT2D eigenvalue weighted by Crippen LogP contribution is -2.08. The van der Waals surface area contributed by atoms with Gasteiger partial charge in [0.05, 0.1) is 5.56 Å². The molecule has 0 atom stereocenters. The molecule has 0 amide bonds. The van der Waals surface area contributed by atoms with Gasteiger partial charge in [-0.2, -0.15) is 0 Å². The molecule has 2 aromatic heterocycles. The normalized spacial score (nSPS) is 10.9. The molecule has 0 saturated heterocycles. The largest absolute Gasteiger partial charge is 0.452 e. The third kappa shape index (κ3) is 3.67. The van der Waals surface area contributed by atoms with Gasteiger partial charge in [-0.1, -0.05) is 47.6 Å². The van der Waals surface area contributed by atoms with E-state index >= 15 is 0 Å². The zero-order valence-corrected chi connectivity index (χ0v) is 16.3. The SMILES string of the molecule is Cc1cccc(C(=O)OCc2nnc(-c3c(-c4ccccc4)noc3C)o2)c1C. The van der Waals surface area contributed by atoms with Gasteiger partial charge in [0.1, 0.15) is 17.0 Å². The number of aromatic nitrogens is 3. The first-order valence-corrected chi connectivity index (χ1v) is 9.12. The number of hydrogen-bond donors (Lipinski definition) is 0. The summed E-state index contributed by atoms with van der Waals surface area (Å²) in [4.78, 5) is 12.4. The Morgan fingerprint density at radius 3 is 2.59 bits per heavy atom. The van der Waals surface area contributed by atoms with Gasteiger partial charge in [0.2, 0.25) is 0 Å². The summed E-state index contributed by atoms with van der Waals surface area (Å²) in [5.41, 5.74) is 4.54. The fourth-order valence-electron chi connectivity index (χ4n) is 3.01. The fourth-order valence-corrected chi connectivity index (χ4v) is 3.01. The first-order chi connectivity index (χ1) is 14.0. The average Bonchev–Trinajstić information content (AvgIpc) is 3.35. The van der Waals surface area contributed by atoms with Crippen molar-refractivity contribution in [2.24, 2.45) is 0 Å². The quantitative estimate of drug-likeness (QED) is 0.458. The Balaban J connectivity index is 1.54. The molecular formula is C22H19N3O4. The molecule has 0 spiro atoms. The van der Waals surface area contributed by atoms with Crippen LogP contribution in [0.4, 0.5) is 0 Å². The van der Waals surface area contributed by atoms with E-state index in [4.69, 9.17) is 13.7 Å². The van der Waals surface area contributed by atoms with Gasteiger partial charge in [-0.15, -0.1) is 10.2 Å². The molecule has 7 nitrogen and oxygen atoms in total. The van der Waals surface area contributed by atoms with E-state index in [-0.39, 0.29) is 18.4 Å². The standard InChI is InChI=1S/C22H19N3O4/c1-13-8-7-11-17(14(13)2)22(26)27-12-18-23-24-21(28-18)19-15(3)29-25-20(19)16-9-5-4-6-10-16/h4-11H,12H2,1-3H3. The maximum Gasteiger partial charge on any atom is 0.338 e. The van der Waals surface area contributed by atoms with E-state index in [0.717, 1.165) is 16.7 Å². The van der Waals surface area contributed by atoms with E-state index in [9.17, 15) is 4.79 Å². The highest BCUT2D eigenvalue weighted by molar-refractivity contribution is 5.91. The summed E-state index contributed by atoms with van der Waals surface area (Å²) in [6, 6.07) is 15.1. The second-order valence-electron chi connectivity index (χ2n) is 6.65. The summed E-state index contributed by atoms with van der Waals surface area (Å²) in [5, 5.41) is 12.2. The van der Waals surface area contributed by atoms with E-state index in [2.05, 4.69) is 15.4 Å². The van der Waals surface area contributed by atoms with Crippen LogP contribution in [0.1, 0.15) is 33.1 Å². The molecular weight excluding hydrogens is 370 g/mol. The van der Waals surface area contributed by atoms with Crippen LogP contribution < -0.4 is 0 Å². The lowest BCUT2D eigenvalue weighted by Gasteiger charge is -2.07. The van der Waals surface area contributed by atoms with Crippen LogP contribution in [0.15, 0.2) is 57.5 Å². The first kappa shape index (κ1) is 18.6. The zero-order valence-electron chi connectivity index (χ0n) is 16.3. The molecule has 7 heteroatoms. The molecule has 4 aromatic rings. The monoisotopic (exact) mass is 389 g/mol. The Kier molecular flexibility index (Phi) is 4.95. The van der Waals surface area contributed by atoms with Crippen molar-refractivity contribution in [1.29, 1.82) is 0 Å². The topological polar surface area (TPSA) is 91.2 Å². The number of carbonyl (C=O) groups excluding carboxylic acids is 1. The lowest BCUT2D eigenvalue weighted by molar-refractivity contribution is 0.0437. The molecule has 0 fully saturated rings. The van der Waals surface area contributed by atoms with Crippen molar-refractivity contribution in [3.63, 3.8) is 0 Å². The van der Waals surface area contributed by atoms with Crippen molar-refractivity contribution in [3.8, 4) is 22.7 Å². The van der Waals surface area contributed by atoms with Gasteiger partial charge in [0.15, 0.2) is 6.61 Å². The Morgan fingerprint density at radius 2 is 1.79 bits per heavy atom. The summed E-state index contributed by atoms with van der Waals surface area (Å²) >= 11 is 0. The van der Waals surface area contributed by atoms with Crippen molar-refractivity contribution in [2.45, 2.75) is 27.4 Å². The van der Waals surface area contributed by atoms with E-state index in [1.807, 2.05) is 56.3 Å². The number of nitrogens with zero attached hydrogens (tertiary/aromatic N) is 3. The second kappa shape index (κ2) is 7.71. The highest BCUT2D eigenvalue weighted by Crippen LogP contribution is 2.33. The van der Waals surface area contributed by atoms with Crippen LogP contribution in [0, 0.1) is 20.8 Å². The number of aryl methyl sites for hydroxylation is 2. The van der Waals surface area contributed by atoms with E-state index < -0.39 is 5.97 Å². The van der Waals surface area contributed by atoms with Crippen molar-refractivity contribution < 1.29 is 18.5 Å². The van der Waals surface area contributed by atoms with E-state index in [1.165, 1.54) is 0 Å². The van der Waals surface area contributed by atoms with E-state index in [0.29, 0.717) is 22.6 Å². The van der Waals surface area contributed by atoms with Gasteiger partial charge in [-0.05, 0) is 38.0 Å². The number of esters is 1. The van der Waals surface area contributed by atoms with Crippen LogP contribution >= 0.6 is 0 Å². The van der Waals surface area contributed by atoms with Crippen molar-refractivity contribution in [1.82, 2.24) is 15.4 Å². The van der Waals surface area contributed by atoms with Gasteiger partial charge in [0, 0.05) is 5.56 Å². The summed E-state index contributed by atoms with van der Waals surface area (Å²) in [5.74, 6) is 0.585. The molecule has 0 N–H and O–H groups in total. The molecule has 4 rings (SSSR count). The molecule has 0 aliphatic carbocycles. The minimum absolute atomic E-state index is 0.121. The molecule has 0 radical (unpaired) electrons. The number of ether oxygens (including phenoxy) is 1. The summed E-state index contributed by atoms with van der Waals surface area (Å²) in [6.45, 7) is 5.49. The van der Waals surface area contributed by atoms with Crippen LogP contribution in [-0.4, -0.2) is 21.3 Å². The highest BCUT2D eigenvalue weighted by atomic mass is 16.5. The number of benzene rings is 2. The van der Waals surface area contributed by atoms with Crippen molar-refractivity contribution >= 4 is 5.97 Å². The molecule has 0 aliphatic heterocycles. The number of hydrogen-bond acceptors (Lipinski definition) is 7. The highest BCUT2D eigenvalue weighted by Gasteiger charge is 2.22. The Bertz CT molecular complexity index is 1160. The maximum atomic E-state index is 12.4. The second-order valence-corrected chi connectivity index (χ2v) is 6.65. The molecule has 0 aliphatic rings. The Hall–Kier alpha value is -3.74. The summed E-state index contributed by atoms with van der Waals surface area (Å²) < 4.78 is 16.4. The number of carbonyl (C=O) groups is 1. The molecule has 2 aromatic carbocycles. The van der Waals surface area contributed by atoms with Gasteiger partial charge in [-0.3, -0.25) is 0 Å². The summed E-state index contributed by atoms with van der Waals surface area (Å²) in [6.07, 6.45) is 0. The predicted molar refractivity (Wildman–Crippen MR) is 105 cm³/mol.